The van der Waals surface area contributed by atoms with Gasteiger partial charge in [0.2, 0.25) is 0 Å². The van der Waals surface area contributed by atoms with Gasteiger partial charge < -0.3 is 4.57 Å². The number of nitrogens with zero attached hydrogens (tertiary/aromatic N) is 4. The van der Waals surface area contributed by atoms with E-state index in [0.717, 1.165) is 44.6 Å². The standard InChI is InChI=1S/C22H31N5O2/c1-4-6-14-26(5-2)16-18-23-20-19(21(28)24-22(29)25(20)3)27(18)15-10-13-17-11-8-7-9-12-17/h7-9,11-12H,4-6,10,13-16H2,1-3H3,(H,24,28,29). The molecule has 1 aromatic carbocycles. The Morgan fingerprint density at radius 2 is 1.86 bits per heavy atom. The zero-order valence-corrected chi connectivity index (χ0v) is 17.6. The SMILES string of the molecule is CCCCN(CC)Cc1nc2c(c(=O)[nH]c(=O)n2C)n1CCCc1ccccc1. The van der Waals surface area contributed by atoms with Gasteiger partial charge in [0.25, 0.3) is 5.56 Å². The molecule has 2 heterocycles. The zero-order chi connectivity index (χ0) is 20.8. The van der Waals surface area contributed by atoms with Gasteiger partial charge in [0.1, 0.15) is 5.82 Å². The van der Waals surface area contributed by atoms with E-state index >= 15 is 0 Å². The van der Waals surface area contributed by atoms with Crippen molar-refractivity contribution < 1.29 is 0 Å². The summed E-state index contributed by atoms with van der Waals surface area (Å²) in [5.41, 5.74) is 1.43. The number of imidazole rings is 1. The first kappa shape index (κ1) is 21.0. The third kappa shape index (κ3) is 4.85. The predicted octanol–water partition coefficient (Wildman–Crippen LogP) is 2.68. The number of H-pyrrole nitrogens is 1. The van der Waals surface area contributed by atoms with Crippen LogP contribution in [0.5, 0.6) is 0 Å². The Balaban J connectivity index is 1.94. The minimum atomic E-state index is -0.429. The Morgan fingerprint density at radius 3 is 2.55 bits per heavy atom. The van der Waals surface area contributed by atoms with Crippen LogP contribution in [0.25, 0.3) is 11.2 Å². The second-order valence-corrected chi connectivity index (χ2v) is 7.48. The maximum Gasteiger partial charge on any atom is 0.329 e. The van der Waals surface area contributed by atoms with E-state index in [1.165, 1.54) is 10.1 Å². The van der Waals surface area contributed by atoms with Crippen molar-refractivity contribution >= 4 is 11.2 Å². The van der Waals surface area contributed by atoms with Gasteiger partial charge in [-0.15, -0.1) is 0 Å². The fourth-order valence-corrected chi connectivity index (χ4v) is 3.66. The van der Waals surface area contributed by atoms with Gasteiger partial charge in [-0.2, -0.15) is 0 Å². The maximum atomic E-state index is 12.6. The van der Waals surface area contributed by atoms with Crippen molar-refractivity contribution in [2.24, 2.45) is 7.05 Å². The second-order valence-electron chi connectivity index (χ2n) is 7.48. The molecule has 0 bridgehead atoms. The molecule has 0 aliphatic carbocycles. The van der Waals surface area contributed by atoms with Crippen molar-refractivity contribution in [3.63, 3.8) is 0 Å². The third-order valence-electron chi connectivity index (χ3n) is 5.42. The molecule has 0 unspecified atom stereocenters. The second kappa shape index (κ2) is 9.69. The molecule has 156 valence electrons. The molecule has 1 N–H and O–H groups in total. The van der Waals surface area contributed by atoms with E-state index in [4.69, 9.17) is 4.98 Å². The van der Waals surface area contributed by atoms with Crippen LogP contribution in [0.15, 0.2) is 39.9 Å². The highest BCUT2D eigenvalue weighted by Crippen LogP contribution is 2.15. The number of unbranched alkanes of at least 4 members (excludes halogenated alkanes) is 1. The summed E-state index contributed by atoms with van der Waals surface area (Å²) >= 11 is 0. The monoisotopic (exact) mass is 397 g/mol. The van der Waals surface area contributed by atoms with Crippen molar-refractivity contribution in [3.8, 4) is 0 Å². The predicted molar refractivity (Wildman–Crippen MR) is 116 cm³/mol. The van der Waals surface area contributed by atoms with Crippen LogP contribution < -0.4 is 11.2 Å². The van der Waals surface area contributed by atoms with Crippen LogP contribution in [-0.2, 0) is 26.6 Å². The molecular formula is C22H31N5O2. The number of nitrogens with one attached hydrogen (secondary N) is 1. The van der Waals surface area contributed by atoms with E-state index in [1.807, 2.05) is 22.8 Å². The molecular weight excluding hydrogens is 366 g/mol. The molecule has 0 radical (unpaired) electrons. The number of hydrogen-bond donors (Lipinski definition) is 1. The van der Waals surface area contributed by atoms with Gasteiger partial charge in [0.05, 0.1) is 6.54 Å². The van der Waals surface area contributed by atoms with Crippen molar-refractivity contribution in [2.45, 2.75) is 52.6 Å². The lowest BCUT2D eigenvalue weighted by Crippen LogP contribution is -2.29. The van der Waals surface area contributed by atoms with E-state index in [2.05, 4.69) is 35.9 Å². The minimum absolute atomic E-state index is 0.363. The maximum absolute atomic E-state index is 12.6. The normalized spacial score (nSPS) is 11.6. The molecule has 0 spiro atoms. The van der Waals surface area contributed by atoms with Crippen molar-refractivity contribution in [2.75, 3.05) is 13.1 Å². The molecule has 29 heavy (non-hydrogen) atoms. The van der Waals surface area contributed by atoms with Crippen LogP contribution in [0.2, 0.25) is 0 Å². The molecule has 0 aliphatic rings. The molecule has 0 amide bonds. The third-order valence-corrected chi connectivity index (χ3v) is 5.42. The number of benzene rings is 1. The number of rotatable bonds is 10. The van der Waals surface area contributed by atoms with Crippen molar-refractivity contribution in [1.29, 1.82) is 0 Å². The van der Waals surface area contributed by atoms with Crippen LogP contribution in [0.4, 0.5) is 0 Å². The molecule has 2 aromatic heterocycles. The van der Waals surface area contributed by atoms with Crippen LogP contribution in [0.3, 0.4) is 0 Å². The summed E-state index contributed by atoms with van der Waals surface area (Å²) < 4.78 is 3.43. The highest BCUT2D eigenvalue weighted by molar-refractivity contribution is 5.70. The lowest BCUT2D eigenvalue weighted by molar-refractivity contribution is 0.265. The average molecular weight is 398 g/mol. The lowest BCUT2D eigenvalue weighted by Gasteiger charge is -2.20. The first-order valence-electron chi connectivity index (χ1n) is 10.5. The van der Waals surface area contributed by atoms with Gasteiger partial charge in [-0.1, -0.05) is 50.6 Å². The molecule has 0 saturated heterocycles. The van der Waals surface area contributed by atoms with Gasteiger partial charge in [0.15, 0.2) is 11.2 Å². The Morgan fingerprint density at radius 1 is 1.10 bits per heavy atom. The first-order valence-corrected chi connectivity index (χ1v) is 10.5. The topological polar surface area (TPSA) is 75.9 Å². The lowest BCUT2D eigenvalue weighted by atomic mass is 10.1. The number of aromatic nitrogens is 4. The molecule has 0 saturated carbocycles. The first-order chi connectivity index (χ1) is 14.0. The van der Waals surface area contributed by atoms with E-state index < -0.39 is 5.69 Å². The quantitative estimate of drug-likeness (QED) is 0.571. The summed E-state index contributed by atoms with van der Waals surface area (Å²) in [5.74, 6) is 0.845. The molecule has 3 rings (SSSR count). The summed E-state index contributed by atoms with van der Waals surface area (Å²) in [6.45, 7) is 7.60. The Labute approximate surface area is 171 Å². The van der Waals surface area contributed by atoms with Crippen LogP contribution >= 0.6 is 0 Å². The van der Waals surface area contributed by atoms with Gasteiger partial charge in [0, 0.05) is 13.6 Å². The summed E-state index contributed by atoms with van der Waals surface area (Å²) in [6, 6.07) is 10.3. The number of hydrogen-bond acceptors (Lipinski definition) is 4. The zero-order valence-electron chi connectivity index (χ0n) is 17.6. The van der Waals surface area contributed by atoms with E-state index in [1.54, 1.807) is 7.05 Å². The van der Waals surface area contributed by atoms with Gasteiger partial charge in [-0.05, 0) is 37.9 Å². The smallest absolute Gasteiger partial charge is 0.321 e. The number of fused-ring (bicyclic) bond motifs is 1. The van der Waals surface area contributed by atoms with Gasteiger partial charge in [-0.25, -0.2) is 9.78 Å². The summed E-state index contributed by atoms with van der Waals surface area (Å²) in [7, 11) is 1.65. The largest absolute Gasteiger partial charge is 0.329 e. The minimum Gasteiger partial charge on any atom is -0.321 e. The molecule has 7 nitrogen and oxygen atoms in total. The van der Waals surface area contributed by atoms with E-state index in [0.29, 0.717) is 24.3 Å². The summed E-state index contributed by atoms with van der Waals surface area (Å²) in [4.78, 5) is 34.1. The molecule has 0 fully saturated rings. The van der Waals surface area contributed by atoms with Gasteiger partial charge >= 0.3 is 5.69 Å². The number of aromatic amines is 1. The van der Waals surface area contributed by atoms with Crippen molar-refractivity contribution in [3.05, 3.63) is 62.6 Å². The fraction of sp³-hybridized carbons (Fsp3) is 0.500. The Kier molecular flexibility index (Phi) is 7.04. The van der Waals surface area contributed by atoms with Crippen LogP contribution in [-0.4, -0.2) is 37.1 Å². The Hall–Kier alpha value is -2.67. The van der Waals surface area contributed by atoms with E-state index in [9.17, 15) is 9.59 Å². The summed E-state index contributed by atoms with van der Waals surface area (Å²) in [6.07, 6.45) is 4.09. The highest BCUT2D eigenvalue weighted by atomic mass is 16.2. The van der Waals surface area contributed by atoms with E-state index in [-0.39, 0.29) is 5.56 Å². The molecule has 3 aromatic rings. The number of aryl methyl sites for hydroxylation is 3. The Bertz CT molecular complexity index is 1050. The highest BCUT2D eigenvalue weighted by Gasteiger charge is 2.18. The molecule has 7 heteroatoms. The molecule has 0 aliphatic heterocycles. The van der Waals surface area contributed by atoms with Gasteiger partial charge in [-0.3, -0.25) is 19.2 Å². The average Bonchev–Trinajstić information content (AvgIpc) is 3.09. The summed E-state index contributed by atoms with van der Waals surface area (Å²) in [5, 5.41) is 0. The van der Waals surface area contributed by atoms with Crippen LogP contribution in [0.1, 0.15) is 44.5 Å². The van der Waals surface area contributed by atoms with Crippen molar-refractivity contribution in [1.82, 2.24) is 24.0 Å². The fourth-order valence-electron chi connectivity index (χ4n) is 3.66. The molecule has 0 atom stereocenters. The van der Waals surface area contributed by atoms with Crippen LogP contribution in [0, 0.1) is 0 Å².